The van der Waals surface area contributed by atoms with E-state index < -0.39 is 15.7 Å². The second-order valence-corrected chi connectivity index (χ2v) is 6.53. The highest BCUT2D eigenvalue weighted by Gasteiger charge is 2.28. The lowest BCUT2D eigenvalue weighted by atomic mass is 10.3. The molecule has 9 heteroatoms. The van der Waals surface area contributed by atoms with Gasteiger partial charge in [0.05, 0.1) is 0 Å². The molecule has 3 rings (SSSR count). The number of hydrogen-bond donors (Lipinski definition) is 1. The summed E-state index contributed by atoms with van der Waals surface area (Å²) in [5, 5.41) is 15.9. The number of nitrogens with zero attached hydrogens (tertiary/aromatic N) is 3. The summed E-state index contributed by atoms with van der Waals surface area (Å²) in [6, 6.07) is 0.00846. The van der Waals surface area contributed by atoms with Crippen LogP contribution >= 0.6 is 11.3 Å². The number of hydrogen-bond acceptors (Lipinski definition) is 6. The van der Waals surface area contributed by atoms with Gasteiger partial charge < -0.3 is 15.4 Å². The maximum absolute atomic E-state index is 11.3. The maximum Gasteiger partial charge on any atom is 0.372 e. The molecule has 0 aliphatic carbocycles. The molecule has 0 spiro atoms. The first-order valence-corrected chi connectivity index (χ1v) is 7.73. The number of aromatic nitrogens is 2. The van der Waals surface area contributed by atoms with Crippen molar-refractivity contribution < 1.29 is 9.13 Å². The van der Waals surface area contributed by atoms with Crippen LogP contribution in [0.1, 0.15) is 6.42 Å². The quantitative estimate of drug-likeness (QED) is 0.677. The van der Waals surface area contributed by atoms with Gasteiger partial charge in [-0.15, -0.1) is 0 Å². The van der Waals surface area contributed by atoms with Crippen molar-refractivity contribution in [1.82, 2.24) is 9.38 Å². The molecule has 1 fully saturated rings. The lowest BCUT2D eigenvalue weighted by molar-refractivity contribution is -0.389. The second-order valence-electron chi connectivity index (χ2n) is 4.04. The van der Waals surface area contributed by atoms with Crippen molar-refractivity contribution in [2.75, 3.05) is 16.8 Å². The SMILES string of the molecule is O=[N+]([O-])c1c(NC2CCS(=O)C2)nc2sccn12. The van der Waals surface area contributed by atoms with Gasteiger partial charge in [-0.05, 0) is 11.3 Å². The van der Waals surface area contributed by atoms with Crippen LogP contribution in [-0.2, 0) is 10.8 Å². The number of rotatable bonds is 3. The van der Waals surface area contributed by atoms with Gasteiger partial charge in [0.2, 0.25) is 5.82 Å². The highest BCUT2D eigenvalue weighted by Crippen LogP contribution is 2.29. The van der Waals surface area contributed by atoms with Crippen molar-refractivity contribution in [3.8, 4) is 0 Å². The third kappa shape index (κ3) is 1.89. The van der Waals surface area contributed by atoms with Crippen LogP contribution in [0.2, 0.25) is 0 Å². The maximum atomic E-state index is 11.3. The Balaban J connectivity index is 1.95. The van der Waals surface area contributed by atoms with Gasteiger partial charge in [0, 0.05) is 33.7 Å². The topological polar surface area (TPSA) is 89.5 Å². The van der Waals surface area contributed by atoms with E-state index in [1.165, 1.54) is 15.7 Å². The van der Waals surface area contributed by atoms with Crippen LogP contribution in [0.25, 0.3) is 4.96 Å². The van der Waals surface area contributed by atoms with Crippen LogP contribution in [0.3, 0.4) is 0 Å². The Morgan fingerprint density at radius 3 is 3.17 bits per heavy atom. The summed E-state index contributed by atoms with van der Waals surface area (Å²) >= 11 is 1.35. The van der Waals surface area contributed by atoms with Crippen LogP contribution in [0.4, 0.5) is 11.6 Å². The highest BCUT2D eigenvalue weighted by molar-refractivity contribution is 7.85. The first kappa shape index (κ1) is 11.6. The molecule has 0 bridgehead atoms. The molecule has 18 heavy (non-hydrogen) atoms. The van der Waals surface area contributed by atoms with Gasteiger partial charge in [-0.25, -0.2) is 0 Å². The van der Waals surface area contributed by atoms with Gasteiger partial charge in [0.25, 0.3) is 4.96 Å². The minimum absolute atomic E-state index is 0.00846. The fourth-order valence-electron chi connectivity index (χ4n) is 2.02. The van der Waals surface area contributed by atoms with E-state index in [9.17, 15) is 14.3 Å². The molecule has 2 aromatic heterocycles. The normalized spacial score (nSPS) is 23.6. The third-order valence-electron chi connectivity index (χ3n) is 2.83. The standard InChI is InChI=1S/C9H10N4O3S2/c14-13(15)8-7(10-6-1-4-18(16)5-6)11-9-12(8)2-3-17-9/h2-3,6,10H,1,4-5H2. The smallest absolute Gasteiger partial charge is 0.359 e. The zero-order chi connectivity index (χ0) is 12.7. The molecule has 0 amide bonds. The lowest BCUT2D eigenvalue weighted by Crippen LogP contribution is -2.20. The average molecular weight is 286 g/mol. The van der Waals surface area contributed by atoms with Gasteiger partial charge in [0.15, 0.2) is 0 Å². The second kappa shape index (κ2) is 4.32. The average Bonchev–Trinajstić information content (AvgIpc) is 2.93. The summed E-state index contributed by atoms with van der Waals surface area (Å²) in [6.07, 6.45) is 2.39. The Bertz CT molecular complexity index is 635. The van der Waals surface area contributed by atoms with Crippen LogP contribution in [0.5, 0.6) is 0 Å². The van der Waals surface area contributed by atoms with Gasteiger partial charge in [-0.1, -0.05) is 11.3 Å². The molecule has 1 aliphatic heterocycles. The fraction of sp³-hybridized carbons (Fsp3) is 0.444. The first-order chi connectivity index (χ1) is 8.65. The van der Waals surface area contributed by atoms with E-state index in [0.29, 0.717) is 16.5 Å². The van der Waals surface area contributed by atoms with Gasteiger partial charge in [0.1, 0.15) is 6.20 Å². The molecule has 2 atom stereocenters. The predicted octanol–water partition coefficient (Wildman–Crippen LogP) is 1.24. The number of nitrogens with one attached hydrogen (secondary N) is 1. The Hall–Kier alpha value is -1.48. The Morgan fingerprint density at radius 2 is 2.50 bits per heavy atom. The minimum atomic E-state index is -0.816. The molecule has 7 nitrogen and oxygen atoms in total. The molecule has 1 saturated heterocycles. The molecule has 0 saturated carbocycles. The summed E-state index contributed by atoms with van der Waals surface area (Å²) in [6.45, 7) is 0. The Kier molecular flexibility index (Phi) is 2.78. The molecule has 96 valence electrons. The lowest BCUT2D eigenvalue weighted by Gasteiger charge is -2.08. The first-order valence-electron chi connectivity index (χ1n) is 5.36. The Labute approximate surface area is 108 Å². The van der Waals surface area contributed by atoms with Crippen molar-refractivity contribution in [2.24, 2.45) is 0 Å². The predicted molar refractivity (Wildman–Crippen MR) is 69.6 cm³/mol. The zero-order valence-corrected chi connectivity index (χ0v) is 10.9. The minimum Gasteiger partial charge on any atom is -0.359 e. The summed E-state index contributed by atoms with van der Waals surface area (Å²) in [5.41, 5.74) is 0. The number of fused-ring (bicyclic) bond motifs is 1. The Morgan fingerprint density at radius 1 is 1.67 bits per heavy atom. The van der Waals surface area contributed by atoms with Crippen LogP contribution in [0.15, 0.2) is 11.6 Å². The van der Waals surface area contributed by atoms with E-state index in [0.717, 1.165) is 6.42 Å². The summed E-state index contributed by atoms with van der Waals surface area (Å²) < 4.78 is 12.8. The number of imidazole rings is 1. The van der Waals surface area contributed by atoms with Crippen molar-refractivity contribution in [1.29, 1.82) is 0 Å². The van der Waals surface area contributed by atoms with E-state index in [1.54, 1.807) is 11.6 Å². The highest BCUT2D eigenvalue weighted by atomic mass is 32.2. The monoisotopic (exact) mass is 286 g/mol. The summed E-state index contributed by atoms with van der Waals surface area (Å²) in [7, 11) is -0.816. The largest absolute Gasteiger partial charge is 0.372 e. The summed E-state index contributed by atoms with van der Waals surface area (Å²) in [5.74, 6) is 1.40. The molecule has 0 aromatic carbocycles. The molecular formula is C9H10N4O3S2. The van der Waals surface area contributed by atoms with Crippen molar-refractivity contribution in [3.63, 3.8) is 0 Å². The molecule has 2 aromatic rings. The molecule has 3 heterocycles. The van der Waals surface area contributed by atoms with Crippen molar-refractivity contribution >= 4 is 38.7 Å². The number of nitro groups is 1. The molecule has 2 unspecified atom stereocenters. The van der Waals surface area contributed by atoms with Crippen molar-refractivity contribution in [2.45, 2.75) is 12.5 Å². The molecular weight excluding hydrogens is 276 g/mol. The number of thiazole rings is 1. The van der Waals surface area contributed by atoms with E-state index in [-0.39, 0.29) is 17.7 Å². The van der Waals surface area contributed by atoms with E-state index in [1.807, 2.05) is 0 Å². The van der Waals surface area contributed by atoms with Crippen LogP contribution in [-0.4, -0.2) is 36.1 Å². The van der Waals surface area contributed by atoms with Crippen molar-refractivity contribution in [3.05, 3.63) is 21.7 Å². The van der Waals surface area contributed by atoms with Gasteiger partial charge in [-0.2, -0.15) is 9.38 Å². The van der Waals surface area contributed by atoms with Gasteiger partial charge >= 0.3 is 5.82 Å². The number of anilines is 1. The molecule has 0 radical (unpaired) electrons. The molecule has 1 N–H and O–H groups in total. The van der Waals surface area contributed by atoms with E-state index in [2.05, 4.69) is 10.3 Å². The fourth-order valence-corrected chi connectivity index (χ4v) is 4.14. The third-order valence-corrected chi connectivity index (χ3v) is 5.05. The zero-order valence-electron chi connectivity index (χ0n) is 9.24. The summed E-state index contributed by atoms with van der Waals surface area (Å²) in [4.78, 5) is 15.4. The molecule has 1 aliphatic rings. The van der Waals surface area contributed by atoms with Crippen LogP contribution < -0.4 is 5.32 Å². The van der Waals surface area contributed by atoms with E-state index in [4.69, 9.17) is 0 Å². The van der Waals surface area contributed by atoms with Crippen LogP contribution in [0, 0.1) is 10.1 Å². The van der Waals surface area contributed by atoms with Gasteiger partial charge in [-0.3, -0.25) is 4.21 Å². The van der Waals surface area contributed by atoms with E-state index >= 15 is 0 Å².